The van der Waals surface area contributed by atoms with Crippen LogP contribution < -0.4 is 0 Å². The predicted molar refractivity (Wildman–Crippen MR) is 89.7 cm³/mol. The molecule has 10 heteroatoms. The van der Waals surface area contributed by atoms with Crippen LogP contribution in [-0.4, -0.2) is 14.1 Å². The van der Waals surface area contributed by atoms with Gasteiger partial charge < -0.3 is 0 Å². The Morgan fingerprint density at radius 3 is 2.16 bits per heavy atom. The summed E-state index contributed by atoms with van der Waals surface area (Å²) >= 11 is 24.2. The fraction of sp³-hybridized carbons (Fsp3) is 0.333. The van der Waals surface area contributed by atoms with Crippen LogP contribution in [0.3, 0.4) is 0 Å². The van der Waals surface area contributed by atoms with Gasteiger partial charge in [0.05, 0.1) is 26.9 Å². The second kappa shape index (κ2) is 5.68. The van der Waals surface area contributed by atoms with E-state index in [9.17, 15) is 18.4 Å². The van der Waals surface area contributed by atoms with E-state index < -0.39 is 21.5 Å². The molecule has 2 aromatic rings. The van der Waals surface area contributed by atoms with Gasteiger partial charge in [-0.3, -0.25) is 0 Å². The first-order valence-corrected chi connectivity index (χ1v) is 8.36. The van der Waals surface area contributed by atoms with E-state index in [1.54, 1.807) is 6.92 Å². The van der Waals surface area contributed by atoms with E-state index in [0.29, 0.717) is 12.1 Å². The van der Waals surface area contributed by atoms with Crippen molar-refractivity contribution in [3.63, 3.8) is 0 Å². The Kier molecular flexibility index (Phi) is 4.24. The highest BCUT2D eigenvalue weighted by Crippen LogP contribution is 2.64. The largest absolute Gasteiger partial charge is 0.416 e. The third-order valence-corrected chi connectivity index (χ3v) is 5.87. The van der Waals surface area contributed by atoms with Crippen LogP contribution in [0.25, 0.3) is 5.69 Å². The summed E-state index contributed by atoms with van der Waals surface area (Å²) in [6.45, 7) is 1.75. The number of halogens is 7. The number of benzene rings is 1. The van der Waals surface area contributed by atoms with E-state index in [0.717, 1.165) is 12.1 Å². The number of nitrogens with zero attached hydrogens (tertiary/aromatic N) is 3. The van der Waals surface area contributed by atoms with E-state index >= 15 is 0 Å². The molecule has 1 aliphatic carbocycles. The highest BCUT2D eigenvalue weighted by Gasteiger charge is 2.66. The van der Waals surface area contributed by atoms with E-state index in [-0.39, 0.29) is 21.3 Å². The van der Waals surface area contributed by atoms with Crippen LogP contribution in [0.15, 0.2) is 18.3 Å². The van der Waals surface area contributed by atoms with Crippen LogP contribution in [0.4, 0.5) is 13.2 Å². The molecule has 0 amide bonds. The van der Waals surface area contributed by atoms with Gasteiger partial charge >= 0.3 is 6.18 Å². The zero-order chi connectivity index (χ0) is 18.8. The summed E-state index contributed by atoms with van der Waals surface area (Å²) in [5, 5.41) is 13.1. The number of nitriles is 1. The molecule has 1 heterocycles. The van der Waals surface area contributed by atoms with Crippen LogP contribution in [0, 0.1) is 11.3 Å². The third kappa shape index (κ3) is 2.97. The molecule has 132 valence electrons. The van der Waals surface area contributed by atoms with Crippen molar-refractivity contribution in [2.75, 3.05) is 0 Å². The number of rotatable bonds is 2. The van der Waals surface area contributed by atoms with Crippen molar-refractivity contribution in [1.82, 2.24) is 9.78 Å². The van der Waals surface area contributed by atoms with Crippen molar-refractivity contribution < 1.29 is 13.2 Å². The molecule has 1 unspecified atom stereocenters. The molecule has 0 spiro atoms. The molecule has 1 aromatic carbocycles. The maximum atomic E-state index is 12.8. The van der Waals surface area contributed by atoms with Gasteiger partial charge in [0.2, 0.25) is 0 Å². The lowest BCUT2D eigenvalue weighted by atomic mass is 10.0. The number of alkyl halides is 5. The minimum Gasteiger partial charge on any atom is -0.236 e. The third-order valence-electron chi connectivity index (χ3n) is 4.19. The van der Waals surface area contributed by atoms with Gasteiger partial charge in [0.15, 0.2) is 0 Å². The fourth-order valence-electron chi connectivity index (χ4n) is 2.58. The summed E-state index contributed by atoms with van der Waals surface area (Å²) in [4.78, 5) is 0. The van der Waals surface area contributed by atoms with Crippen molar-refractivity contribution in [3.8, 4) is 11.8 Å². The molecule has 0 saturated heterocycles. The Bertz CT molecular complexity index is 891. The average Bonchev–Trinajstić information content (AvgIpc) is 2.83. The Labute approximate surface area is 160 Å². The molecular weight excluding hydrogens is 421 g/mol. The summed E-state index contributed by atoms with van der Waals surface area (Å²) in [6, 6.07) is 3.48. The van der Waals surface area contributed by atoms with Crippen molar-refractivity contribution >= 4 is 46.4 Å². The van der Waals surface area contributed by atoms with Gasteiger partial charge in [-0.15, -0.1) is 23.2 Å². The van der Waals surface area contributed by atoms with Crippen molar-refractivity contribution in [2.45, 2.75) is 29.3 Å². The second-order valence-electron chi connectivity index (χ2n) is 5.95. The highest BCUT2D eigenvalue weighted by atomic mass is 35.5. The number of aromatic nitrogens is 2. The molecule has 1 aliphatic rings. The second-order valence-corrected chi connectivity index (χ2v) is 8.25. The summed E-state index contributed by atoms with van der Waals surface area (Å²) in [6.07, 6.45) is -2.86. The van der Waals surface area contributed by atoms with Gasteiger partial charge in [-0.2, -0.15) is 23.5 Å². The molecule has 0 N–H and O–H groups in total. The lowest BCUT2D eigenvalue weighted by molar-refractivity contribution is -0.137. The normalized spacial score (nSPS) is 21.9. The molecule has 1 aromatic heterocycles. The molecule has 1 fully saturated rings. The Morgan fingerprint density at radius 2 is 1.76 bits per heavy atom. The SMILES string of the molecule is CC1(c2nn(-c3c(Cl)cc(C(F)(F)F)cc3Cl)cc2C#N)CC1(Cl)Cl. The Morgan fingerprint density at radius 1 is 1.24 bits per heavy atom. The lowest BCUT2D eigenvalue weighted by Crippen LogP contribution is -2.13. The van der Waals surface area contributed by atoms with Crippen molar-refractivity contribution in [1.29, 1.82) is 5.26 Å². The van der Waals surface area contributed by atoms with Crippen LogP contribution in [0.5, 0.6) is 0 Å². The lowest BCUT2D eigenvalue weighted by Gasteiger charge is -2.13. The summed E-state index contributed by atoms with van der Waals surface area (Å²) in [5.41, 5.74) is -1.14. The Balaban J connectivity index is 2.14. The Hall–Kier alpha value is -1.13. The first-order valence-electron chi connectivity index (χ1n) is 6.85. The van der Waals surface area contributed by atoms with Gasteiger partial charge in [-0.05, 0) is 18.6 Å². The summed E-state index contributed by atoms with van der Waals surface area (Å²) in [7, 11) is 0. The fourth-order valence-corrected chi connectivity index (χ4v) is 3.96. The van der Waals surface area contributed by atoms with Crippen LogP contribution in [0.1, 0.15) is 30.2 Å². The smallest absolute Gasteiger partial charge is 0.236 e. The summed E-state index contributed by atoms with van der Waals surface area (Å²) < 4.78 is 38.6. The van der Waals surface area contributed by atoms with E-state index in [1.165, 1.54) is 10.9 Å². The maximum absolute atomic E-state index is 12.8. The van der Waals surface area contributed by atoms with Crippen molar-refractivity contribution in [3.05, 3.63) is 45.2 Å². The highest BCUT2D eigenvalue weighted by molar-refractivity contribution is 6.52. The molecule has 1 atom stereocenters. The average molecular weight is 429 g/mol. The van der Waals surface area contributed by atoms with Gasteiger partial charge in [0, 0.05) is 11.6 Å². The number of hydrogen-bond acceptors (Lipinski definition) is 2. The quantitative estimate of drug-likeness (QED) is 0.558. The molecule has 25 heavy (non-hydrogen) atoms. The molecule has 3 nitrogen and oxygen atoms in total. The van der Waals surface area contributed by atoms with Gasteiger partial charge in [0.25, 0.3) is 0 Å². The van der Waals surface area contributed by atoms with Crippen molar-refractivity contribution in [2.24, 2.45) is 0 Å². The predicted octanol–water partition coefficient (Wildman–Crippen LogP) is 5.90. The number of hydrogen-bond donors (Lipinski definition) is 0. The molecule has 3 rings (SSSR count). The minimum atomic E-state index is -4.59. The monoisotopic (exact) mass is 427 g/mol. The maximum Gasteiger partial charge on any atom is 0.416 e. The first kappa shape index (κ1) is 18.7. The standard InChI is InChI=1S/C15H8Cl4F3N3/c1-13(6-14(13,18)19)12-7(4-23)5-25(24-12)11-9(16)2-8(3-10(11)17)15(20,21)22/h2-3,5H,6H2,1H3. The van der Waals surface area contributed by atoms with Crippen LogP contribution >= 0.6 is 46.4 Å². The van der Waals surface area contributed by atoms with E-state index in [1.807, 2.05) is 6.07 Å². The molecule has 0 radical (unpaired) electrons. The zero-order valence-corrected chi connectivity index (χ0v) is 15.5. The molecular formula is C15H8Cl4F3N3. The molecule has 1 saturated carbocycles. The first-order chi connectivity index (χ1) is 11.4. The van der Waals surface area contributed by atoms with E-state index in [4.69, 9.17) is 46.4 Å². The molecule has 0 aliphatic heterocycles. The van der Waals surface area contributed by atoms with E-state index in [2.05, 4.69) is 5.10 Å². The topological polar surface area (TPSA) is 41.6 Å². The minimum absolute atomic E-state index is 0.0399. The summed E-state index contributed by atoms with van der Waals surface area (Å²) in [5.74, 6) is 0. The van der Waals surface area contributed by atoms with Crippen LogP contribution in [-0.2, 0) is 11.6 Å². The zero-order valence-electron chi connectivity index (χ0n) is 12.4. The van der Waals surface area contributed by atoms with Gasteiger partial charge in [-0.25, -0.2) is 4.68 Å². The molecule has 0 bridgehead atoms. The van der Waals surface area contributed by atoms with Gasteiger partial charge in [-0.1, -0.05) is 30.1 Å². The van der Waals surface area contributed by atoms with Gasteiger partial charge in [0.1, 0.15) is 16.1 Å². The van der Waals surface area contributed by atoms with Crippen LogP contribution in [0.2, 0.25) is 10.0 Å².